The molecule has 0 fully saturated rings. The molecule has 0 saturated heterocycles. The van der Waals surface area contributed by atoms with E-state index in [1.807, 2.05) is 24.3 Å². The number of aromatic nitrogens is 2. The molecule has 1 unspecified atom stereocenters. The Kier molecular flexibility index (Phi) is 5.62. The van der Waals surface area contributed by atoms with Gasteiger partial charge in [0.15, 0.2) is 17.8 Å². The Hall–Kier alpha value is -2.33. The van der Waals surface area contributed by atoms with Crippen LogP contribution >= 0.6 is 11.6 Å². The summed E-state index contributed by atoms with van der Waals surface area (Å²) >= 11 is 6.50. The van der Waals surface area contributed by atoms with E-state index in [-0.39, 0.29) is 5.92 Å². The van der Waals surface area contributed by atoms with Crippen LogP contribution < -0.4 is 5.32 Å². The monoisotopic (exact) mass is 372 g/mol. The van der Waals surface area contributed by atoms with E-state index in [2.05, 4.69) is 27.3 Å². The Morgan fingerprint density at radius 1 is 1.31 bits per heavy atom. The molecule has 0 amide bonds. The number of ether oxygens (including phenoxy) is 2. The first kappa shape index (κ1) is 18.5. The molecule has 3 rings (SSSR count). The van der Waals surface area contributed by atoms with Crippen LogP contribution in [-0.4, -0.2) is 24.4 Å². The highest BCUT2D eigenvalue weighted by Crippen LogP contribution is 2.47. The van der Waals surface area contributed by atoms with Crippen LogP contribution in [0.15, 0.2) is 35.7 Å². The van der Waals surface area contributed by atoms with Gasteiger partial charge in [0, 0.05) is 30.5 Å². The molecular weight excluding hydrogens is 352 g/mol. The molecule has 136 valence electrons. The second kappa shape index (κ2) is 7.92. The molecule has 2 aromatic rings. The molecule has 7 heteroatoms. The fraction of sp³-hybridized carbons (Fsp3) is 0.368. The van der Waals surface area contributed by atoms with E-state index in [0.29, 0.717) is 22.2 Å². The molecule has 1 aromatic heterocycles. The first-order chi connectivity index (χ1) is 12.7. The van der Waals surface area contributed by atoms with E-state index in [1.54, 1.807) is 14.2 Å². The van der Waals surface area contributed by atoms with Crippen molar-refractivity contribution in [2.24, 2.45) is 0 Å². The summed E-state index contributed by atoms with van der Waals surface area (Å²) in [5.41, 5.74) is 3.88. The van der Waals surface area contributed by atoms with E-state index < -0.39 is 6.29 Å². The molecule has 1 aliphatic rings. The van der Waals surface area contributed by atoms with Gasteiger partial charge in [-0.15, -0.1) is 0 Å². The van der Waals surface area contributed by atoms with Crippen molar-refractivity contribution >= 4 is 17.4 Å². The van der Waals surface area contributed by atoms with Crippen molar-refractivity contribution in [1.82, 2.24) is 10.2 Å². The molecule has 26 heavy (non-hydrogen) atoms. The predicted molar refractivity (Wildman–Crippen MR) is 101 cm³/mol. The summed E-state index contributed by atoms with van der Waals surface area (Å²) in [7, 11) is 3.13. The van der Waals surface area contributed by atoms with Gasteiger partial charge in [-0.2, -0.15) is 5.10 Å². The average molecular weight is 373 g/mol. The predicted octanol–water partition coefficient (Wildman–Crippen LogP) is 4.84. The van der Waals surface area contributed by atoms with Crippen LogP contribution in [-0.2, 0) is 9.47 Å². The van der Waals surface area contributed by atoms with Gasteiger partial charge in [-0.05, 0) is 18.1 Å². The Labute approximate surface area is 158 Å². The second-order valence-electron chi connectivity index (χ2n) is 6.01. The largest absolute Gasteiger partial charge is 0.352 e. The summed E-state index contributed by atoms with van der Waals surface area (Å²) in [6, 6.07) is 7.59. The van der Waals surface area contributed by atoms with Crippen LogP contribution in [0, 0.1) is 6.57 Å². The third kappa shape index (κ3) is 3.10. The van der Waals surface area contributed by atoms with Crippen LogP contribution in [0.4, 0.5) is 5.82 Å². The van der Waals surface area contributed by atoms with Crippen molar-refractivity contribution in [1.29, 1.82) is 0 Å². The maximum absolute atomic E-state index is 7.81. The Morgan fingerprint density at radius 3 is 2.65 bits per heavy atom. The fourth-order valence-electron chi connectivity index (χ4n) is 3.37. The third-order valence-corrected chi connectivity index (χ3v) is 4.82. The Balaban J connectivity index is 2.25. The Bertz CT molecular complexity index is 865. The van der Waals surface area contributed by atoms with E-state index >= 15 is 0 Å². The standard InChI is InChI=1S/C19H21ClN4O2/c1-5-8-13-16(21-2)14(11-9-6-7-10-12(11)20)15-17(19(25-3)26-4)23-24-18(15)22-13/h6-7,9-10,14,19H,5,8H2,1,3-4H3,(H2,22,23,24). The highest BCUT2D eigenvalue weighted by Gasteiger charge is 2.37. The van der Waals surface area contributed by atoms with Gasteiger partial charge >= 0.3 is 0 Å². The lowest BCUT2D eigenvalue weighted by atomic mass is 9.84. The molecule has 2 heterocycles. The molecule has 0 saturated carbocycles. The van der Waals surface area contributed by atoms with Crippen molar-refractivity contribution in [3.05, 3.63) is 68.9 Å². The smallest absolute Gasteiger partial charge is 0.200 e. The molecule has 0 bridgehead atoms. The molecule has 1 atom stereocenters. The molecule has 6 nitrogen and oxygen atoms in total. The van der Waals surface area contributed by atoms with Gasteiger partial charge in [-0.3, -0.25) is 5.10 Å². The number of halogens is 1. The zero-order chi connectivity index (χ0) is 18.7. The molecule has 0 radical (unpaired) electrons. The number of hydrogen-bond acceptors (Lipinski definition) is 4. The summed E-state index contributed by atoms with van der Waals surface area (Å²) in [4.78, 5) is 3.86. The second-order valence-corrected chi connectivity index (χ2v) is 6.42. The number of nitrogens with one attached hydrogen (secondary N) is 2. The summed E-state index contributed by atoms with van der Waals surface area (Å²) in [6.07, 6.45) is 1.07. The number of aromatic amines is 1. The first-order valence-electron chi connectivity index (χ1n) is 8.41. The lowest BCUT2D eigenvalue weighted by Crippen LogP contribution is -2.19. The minimum atomic E-state index is -0.613. The summed E-state index contributed by atoms with van der Waals surface area (Å²) in [5.74, 6) is 0.348. The van der Waals surface area contributed by atoms with Crippen LogP contribution in [0.5, 0.6) is 0 Å². The maximum atomic E-state index is 7.81. The minimum absolute atomic E-state index is 0.333. The van der Waals surface area contributed by atoms with Crippen molar-refractivity contribution in [3.8, 4) is 0 Å². The molecule has 2 N–H and O–H groups in total. The van der Waals surface area contributed by atoms with Gasteiger partial charge in [0.05, 0.1) is 18.2 Å². The number of nitrogens with zero attached hydrogens (tertiary/aromatic N) is 2. The van der Waals surface area contributed by atoms with Crippen molar-refractivity contribution in [2.75, 3.05) is 19.5 Å². The fourth-order valence-corrected chi connectivity index (χ4v) is 3.61. The van der Waals surface area contributed by atoms with Crippen molar-refractivity contribution in [3.63, 3.8) is 0 Å². The number of allylic oxidation sites excluding steroid dienone is 2. The van der Waals surface area contributed by atoms with Gasteiger partial charge in [0.1, 0.15) is 0 Å². The van der Waals surface area contributed by atoms with Gasteiger partial charge in [-0.25, -0.2) is 4.85 Å². The third-order valence-electron chi connectivity index (χ3n) is 4.47. The number of hydrogen-bond donors (Lipinski definition) is 2. The van der Waals surface area contributed by atoms with E-state index in [4.69, 9.17) is 27.6 Å². The highest BCUT2D eigenvalue weighted by atomic mass is 35.5. The molecule has 0 aliphatic carbocycles. The maximum Gasteiger partial charge on any atom is 0.200 e. The quantitative estimate of drug-likeness (QED) is 0.562. The summed E-state index contributed by atoms with van der Waals surface area (Å²) in [5, 5.41) is 11.3. The highest BCUT2D eigenvalue weighted by molar-refractivity contribution is 6.31. The molecule has 0 spiro atoms. The lowest BCUT2D eigenvalue weighted by molar-refractivity contribution is -0.109. The van der Waals surface area contributed by atoms with Gasteiger partial charge in [0.2, 0.25) is 0 Å². The topological polar surface area (TPSA) is 63.5 Å². The first-order valence-corrected chi connectivity index (χ1v) is 8.79. The molecule has 1 aromatic carbocycles. The number of methoxy groups -OCH3 is 2. The number of anilines is 1. The van der Waals surface area contributed by atoms with Crippen molar-refractivity contribution < 1.29 is 9.47 Å². The van der Waals surface area contributed by atoms with Crippen molar-refractivity contribution in [2.45, 2.75) is 32.0 Å². The van der Waals surface area contributed by atoms with E-state index in [1.165, 1.54) is 0 Å². The molecular formula is C19H21ClN4O2. The van der Waals surface area contributed by atoms with Crippen LogP contribution in [0.2, 0.25) is 5.02 Å². The number of benzene rings is 1. The van der Waals surface area contributed by atoms with Gasteiger partial charge < -0.3 is 14.8 Å². The number of fused-ring (bicyclic) bond motifs is 1. The molecule has 1 aliphatic heterocycles. The minimum Gasteiger partial charge on any atom is -0.352 e. The van der Waals surface area contributed by atoms with Gasteiger partial charge in [0.25, 0.3) is 0 Å². The van der Waals surface area contributed by atoms with E-state index in [0.717, 1.165) is 29.7 Å². The zero-order valence-electron chi connectivity index (χ0n) is 15.0. The summed E-state index contributed by atoms with van der Waals surface area (Å²) in [6.45, 7) is 9.89. The van der Waals surface area contributed by atoms with Gasteiger partial charge in [-0.1, -0.05) is 43.1 Å². The summed E-state index contributed by atoms with van der Waals surface area (Å²) < 4.78 is 10.8. The van der Waals surface area contributed by atoms with Crippen LogP contribution in [0.25, 0.3) is 4.85 Å². The van der Waals surface area contributed by atoms with Crippen LogP contribution in [0.3, 0.4) is 0 Å². The van der Waals surface area contributed by atoms with Crippen LogP contribution in [0.1, 0.15) is 48.8 Å². The SMILES string of the molecule is [C-]#[N+]C1=C(CCC)Nc2n[nH]c(C(OC)OC)c2C1c1ccccc1Cl. The Morgan fingerprint density at radius 2 is 2.04 bits per heavy atom. The van der Waals surface area contributed by atoms with E-state index in [9.17, 15) is 0 Å². The lowest BCUT2D eigenvalue weighted by Gasteiger charge is -2.28. The number of rotatable bonds is 6. The number of H-pyrrole nitrogens is 1. The normalized spacial score (nSPS) is 16.4. The average Bonchev–Trinajstić information content (AvgIpc) is 3.06. The zero-order valence-corrected chi connectivity index (χ0v) is 15.7.